The molecule has 7 saturated heterocycles. The normalized spacial score (nSPS) is 29.7. The van der Waals surface area contributed by atoms with Crippen LogP contribution in [0.1, 0.15) is 130 Å². The Morgan fingerprint density at radius 3 is 0.903 bits per heavy atom. The summed E-state index contributed by atoms with van der Waals surface area (Å²) in [6.07, 6.45) is -17.2. The molecular formula is C72H96N21O37P7S7. The SMILES string of the molecule is CC[C@H]1O[C@@H](n2cc(C)c(=O)[nH]c2=O)CC1OP(O)(=S)OC[C@H]1O[C@@H](n2cc(C)c(=O)[nH]c2=O)CC1OP(=O)(S)OC[C@H]1O[C@@H](n2cc(C)c(=O)[nH]c2=O)CC1OP(O)(=S)OC[C@H]1O[C@@H](n2cnc3c(N)ncnc32)CC1OP(O)(=S)OC[C@H]1O[C@@H](n2cnc3c(N)ncnc32)CC1OP(O)(=S)OC[C@H]1O[C@@H](n2cc(C)c(N)nc2=O)CC1OP(O)(=S)OC[C@H]1O[C@@H](n2cc(C)c(=O)[nH]c2=O)CC1OP(O)(=S)OC. The van der Waals surface area contributed by atoms with Crippen LogP contribution in [0.15, 0.2) is 99.4 Å². The van der Waals surface area contributed by atoms with Crippen molar-refractivity contribution in [2.75, 3.05) is 64.0 Å². The molecule has 7 aliphatic rings. The second-order valence-corrected chi connectivity index (χ2v) is 53.5. The van der Waals surface area contributed by atoms with Crippen molar-refractivity contribution in [1.29, 1.82) is 0 Å². The summed E-state index contributed by atoms with van der Waals surface area (Å²) in [6.45, 7) is -27.2. The van der Waals surface area contributed by atoms with Crippen LogP contribution in [-0.2, 0) is 172 Å². The van der Waals surface area contributed by atoms with Gasteiger partial charge in [-0.1, -0.05) is 19.2 Å². The third-order valence-corrected chi connectivity index (χ3v) is 35.2. The lowest BCUT2D eigenvalue weighted by atomic mass is 10.1. The van der Waals surface area contributed by atoms with Crippen molar-refractivity contribution in [1.82, 2.24) is 86.8 Å². The minimum absolute atomic E-state index is 0.0113. The van der Waals surface area contributed by atoms with E-state index < -0.39 is 273 Å². The number of aromatic nitrogens is 18. The highest BCUT2D eigenvalue weighted by atomic mass is 32.7. The van der Waals surface area contributed by atoms with Crippen LogP contribution in [0.4, 0.5) is 17.5 Å². The minimum atomic E-state index is -4.81. The minimum Gasteiger partial charge on any atom is -0.383 e. The number of nitrogens with zero attached hydrogens (tertiary/aromatic N) is 14. The Balaban J connectivity index is 0.610. The Morgan fingerprint density at radius 1 is 0.361 bits per heavy atom. The molecule has 9 aromatic heterocycles. The molecule has 7 fully saturated rings. The summed E-state index contributed by atoms with van der Waals surface area (Å²) in [5.41, 5.74) is 12.7. The number of aryl methyl sites for hydroxylation is 5. The first-order valence-corrected chi connectivity index (χ1v) is 61.6. The van der Waals surface area contributed by atoms with E-state index in [4.69, 9.17) is 185 Å². The number of thiol groups is 1. The maximum atomic E-state index is 14.8. The van der Waals surface area contributed by atoms with Gasteiger partial charge in [0.15, 0.2) is 22.9 Å². The molecule has 16 N–H and O–H groups in total. The lowest BCUT2D eigenvalue weighted by Crippen LogP contribution is -2.33. The second kappa shape index (κ2) is 44.4. The number of aromatic amines is 4. The number of nitrogens with one attached hydrogen (secondary N) is 4. The molecule has 72 heteroatoms. The van der Waals surface area contributed by atoms with Gasteiger partial charge in [0.2, 0.25) is 0 Å². The van der Waals surface area contributed by atoms with E-state index >= 15 is 0 Å². The topological polar surface area (TPSA) is 752 Å². The number of hydrogen-bond donors (Lipinski definition) is 14. The van der Waals surface area contributed by atoms with Crippen LogP contribution in [0, 0.1) is 34.6 Å². The zero-order valence-electron chi connectivity index (χ0n) is 76.1. The molecule has 16 heterocycles. The fourth-order valence-electron chi connectivity index (χ4n) is 16.7. The molecule has 58 nitrogen and oxygen atoms in total. The molecule has 9 aromatic rings. The molecule has 16 rings (SSSR count). The van der Waals surface area contributed by atoms with Crippen LogP contribution in [0.25, 0.3) is 22.3 Å². The molecular weight excluding hydrogens is 2190 g/mol. The monoisotopic (exact) mass is 2290 g/mol. The van der Waals surface area contributed by atoms with Gasteiger partial charge in [-0.05, 0) is 112 Å². The molecule has 0 aromatic carbocycles. The van der Waals surface area contributed by atoms with Gasteiger partial charge in [0.05, 0.1) is 95.0 Å². The molecule has 0 spiro atoms. The van der Waals surface area contributed by atoms with Gasteiger partial charge in [0.1, 0.15) is 116 Å². The summed E-state index contributed by atoms with van der Waals surface area (Å²) in [5.74, 6) is -0.130. The average Bonchev–Trinajstić information content (AvgIpc) is 1.63. The van der Waals surface area contributed by atoms with Crippen molar-refractivity contribution in [3.05, 3.63) is 178 Å². The Hall–Kier alpha value is -6.50. The first-order valence-electron chi connectivity index (χ1n) is 43.4. The fraction of sp³-hybridized carbons (Fsp3) is 0.583. The lowest BCUT2D eigenvalue weighted by Gasteiger charge is -2.28. The molecule has 0 amide bonds. The van der Waals surface area contributed by atoms with E-state index in [9.17, 15) is 77.1 Å². The van der Waals surface area contributed by atoms with Gasteiger partial charge >= 0.3 is 75.6 Å². The van der Waals surface area contributed by atoms with Gasteiger partial charge in [-0.2, -0.15) is 4.98 Å². The number of H-pyrrole nitrogens is 4. The summed E-state index contributed by atoms with van der Waals surface area (Å²) >= 11 is 37.6. The number of hydrogen-bond acceptors (Lipinski definition) is 47. The van der Waals surface area contributed by atoms with E-state index in [1.54, 1.807) is 13.8 Å². The van der Waals surface area contributed by atoms with Crippen LogP contribution in [-0.4, -0.2) is 248 Å². The number of nitrogens with two attached hydrogens (primary N) is 3. The highest BCUT2D eigenvalue weighted by Crippen LogP contribution is 2.60. The van der Waals surface area contributed by atoms with E-state index in [0.29, 0.717) is 12.0 Å². The smallest absolute Gasteiger partial charge is 0.383 e. The third-order valence-electron chi connectivity index (χ3n) is 23.9. The van der Waals surface area contributed by atoms with Gasteiger partial charge in [-0.3, -0.25) is 80.1 Å². The summed E-state index contributed by atoms with van der Waals surface area (Å²) in [5, 5.41) is 0. The van der Waals surface area contributed by atoms with Crippen molar-refractivity contribution in [3.8, 4) is 0 Å². The molecule has 0 aliphatic carbocycles. The van der Waals surface area contributed by atoms with Crippen molar-refractivity contribution >= 4 is 170 Å². The maximum Gasteiger partial charge on any atom is 0.386 e. The van der Waals surface area contributed by atoms with Gasteiger partial charge in [-0.25, -0.2) is 58.4 Å². The summed E-state index contributed by atoms with van der Waals surface area (Å²) < 4.78 is 151. The van der Waals surface area contributed by atoms with Gasteiger partial charge < -0.3 is 134 Å². The Kier molecular flexibility index (Phi) is 34.0. The van der Waals surface area contributed by atoms with Crippen molar-refractivity contribution in [2.45, 2.75) is 222 Å². The molecule has 7 aliphatic heterocycles. The Labute approximate surface area is 845 Å². The van der Waals surface area contributed by atoms with Gasteiger partial charge in [-0.15, -0.1) is 0 Å². The number of fused-ring (bicyclic) bond motifs is 2. The van der Waals surface area contributed by atoms with Crippen molar-refractivity contribution in [2.24, 2.45) is 0 Å². The third kappa shape index (κ3) is 25.9. The van der Waals surface area contributed by atoms with Crippen LogP contribution in [0.2, 0.25) is 0 Å². The summed E-state index contributed by atoms with van der Waals surface area (Å²) in [4.78, 5) is 226. The molecule has 0 radical (unpaired) electrons. The van der Waals surface area contributed by atoms with Crippen LogP contribution in [0.3, 0.4) is 0 Å². The van der Waals surface area contributed by atoms with E-state index in [1.807, 2.05) is 0 Å². The van der Waals surface area contributed by atoms with Crippen LogP contribution in [0.5, 0.6) is 0 Å². The predicted molar refractivity (Wildman–Crippen MR) is 524 cm³/mol. The quantitative estimate of drug-likeness (QED) is 0.0191. The number of nitrogen functional groups attached to an aromatic ring is 3. The van der Waals surface area contributed by atoms with Gasteiger partial charge in [0, 0.05) is 111 Å². The molecule has 14 unspecified atom stereocenters. The average molecular weight is 2290 g/mol. The molecule has 0 saturated carbocycles. The Morgan fingerprint density at radius 2 is 0.611 bits per heavy atom. The van der Waals surface area contributed by atoms with Gasteiger partial charge in [0.25, 0.3) is 22.2 Å². The van der Waals surface area contributed by atoms with E-state index in [1.165, 1.54) is 86.8 Å². The van der Waals surface area contributed by atoms with Crippen molar-refractivity contribution in [3.63, 3.8) is 0 Å². The zero-order chi connectivity index (χ0) is 104. The zero-order valence-corrected chi connectivity index (χ0v) is 88.1. The highest BCUT2D eigenvalue weighted by Gasteiger charge is 2.52. The van der Waals surface area contributed by atoms with Crippen LogP contribution < -0.4 is 67.9 Å². The number of rotatable bonds is 41. The van der Waals surface area contributed by atoms with E-state index in [-0.39, 0.29) is 101 Å². The maximum absolute atomic E-state index is 14.8. The second-order valence-electron chi connectivity index (χ2n) is 33.8. The van der Waals surface area contributed by atoms with Crippen molar-refractivity contribution < 1.29 is 130 Å². The first kappa shape index (κ1) is 110. The first-order chi connectivity index (χ1) is 67.8. The fourth-order valence-corrected chi connectivity index (χ4v) is 26.6. The largest absolute Gasteiger partial charge is 0.386 e. The summed E-state index contributed by atoms with van der Waals surface area (Å²) in [6, 6.07) is 0. The summed E-state index contributed by atoms with van der Waals surface area (Å²) in [7, 11) is 1.10. The van der Waals surface area contributed by atoms with Crippen LogP contribution >= 0.6 is 59.4 Å². The predicted octanol–water partition coefficient (Wildman–Crippen LogP) is 1.62. The standard InChI is InChI=1S/C72H96N21O37P7S7/c1-8-36-37(9-50(117-36)88-17-32(3)64(94)83-69(88)99)125-132(104,139)111-22-46-40(12-53(120-46)90-19-34(5)66(96)85-71(90)101)127-134(106,141)113-24-47-41(13-54(121-47)91-20-35(6)67(97)86-72(91)102)128-135(107,142)115-25-48-43(15-56(122-48)93-30-81-58-61(75)77-28-79-63(58)93)130-137(109,144)116-26-49-42(14-55(123-49)92-29-80-57-60(74)76-27-78-62(57)92)129-136(108,143)114-23-45-39(11-51(119-45)87-16-31(2)59(73)82-68(87)98)126-133(105,140)112-21-44-38(124-131(103,138)110-7)10-52(118-44)89-18-33(4)65(95)84-70(89)100/h16-20,27-30,36-56H,8-15,21-26H2,1-7H3,(H,103,138)(H,104,139)(H,105,140)(H,106,141)(H,107,142)(H,108,143)(H,109,144)(H2,73,82,98)(H2,74,76,78)(H2,75,77,79)(H,83,94,99)(H,84,95,100)(H,85,96,101)(H,86,97,102)/t36-,37?,38?,39?,40?,41?,42?,43?,44-,45-,46-,47-,48-,49-,50-,51-,52-,53-,54-,55-,56-,131?,132?,133?,134?,135?,136?,137?/m1/s1. The molecule has 788 valence electrons. The highest BCUT2D eigenvalue weighted by molar-refractivity contribution is 8.44. The number of ether oxygens (including phenoxy) is 7. The molecule has 28 atom stereocenters. The number of anilines is 3. The van der Waals surface area contributed by atoms with E-state index in [2.05, 4.69) is 67.1 Å². The Bertz CT molecular complexity index is 7320. The number of imidazole rings is 2. The molecule has 0 bridgehead atoms. The molecule has 144 heavy (non-hydrogen) atoms. The lowest BCUT2D eigenvalue weighted by molar-refractivity contribution is -0.0567. The van der Waals surface area contributed by atoms with E-state index in [0.717, 1.165) is 36.3 Å².